The minimum Gasteiger partial charge on any atom is -0.497 e. The number of methoxy groups -OCH3 is 1. The van der Waals surface area contributed by atoms with Crippen molar-refractivity contribution < 1.29 is 14.3 Å². The van der Waals surface area contributed by atoms with Crippen molar-refractivity contribution in [2.75, 3.05) is 40.0 Å². The van der Waals surface area contributed by atoms with Gasteiger partial charge in [-0.05, 0) is 47.4 Å². The highest BCUT2D eigenvalue weighted by atomic mass is 16.5. The minimum absolute atomic E-state index is 0.100. The van der Waals surface area contributed by atoms with Gasteiger partial charge in [-0.25, -0.2) is 4.68 Å². The summed E-state index contributed by atoms with van der Waals surface area (Å²) < 4.78 is 12.5. The Bertz CT molecular complexity index is 836. The number of aryl methyl sites for hydroxylation is 1. The largest absolute Gasteiger partial charge is 0.497 e. The lowest BCUT2D eigenvalue weighted by Gasteiger charge is -2.36. The Kier molecular flexibility index (Phi) is 6.91. The second-order valence-electron chi connectivity index (χ2n) is 7.83. The zero-order valence-electron chi connectivity index (χ0n) is 17.6. The summed E-state index contributed by atoms with van der Waals surface area (Å²) >= 11 is 0. The molecule has 2 aromatic rings. The van der Waals surface area contributed by atoms with Crippen LogP contribution in [0, 0.1) is 0 Å². The number of nitrogens with zero attached hydrogens (tertiary/aromatic N) is 6. The van der Waals surface area contributed by atoms with Crippen LogP contribution in [0.25, 0.3) is 0 Å². The first-order chi connectivity index (χ1) is 14.7. The average molecular weight is 415 g/mol. The first-order valence-electron chi connectivity index (χ1n) is 10.7. The van der Waals surface area contributed by atoms with Gasteiger partial charge in [0.05, 0.1) is 39.5 Å². The maximum absolute atomic E-state index is 13.1. The van der Waals surface area contributed by atoms with Crippen LogP contribution in [0.4, 0.5) is 0 Å². The third-order valence-electron chi connectivity index (χ3n) is 5.91. The van der Waals surface area contributed by atoms with E-state index in [9.17, 15) is 4.79 Å². The van der Waals surface area contributed by atoms with Crippen molar-refractivity contribution in [3.63, 3.8) is 0 Å². The summed E-state index contributed by atoms with van der Waals surface area (Å²) in [5, 5.41) is 12.1. The molecule has 1 aromatic heterocycles. The Morgan fingerprint density at radius 3 is 2.93 bits per heavy atom. The van der Waals surface area contributed by atoms with E-state index in [4.69, 9.17) is 9.47 Å². The van der Waals surface area contributed by atoms with Crippen molar-refractivity contribution in [3.8, 4) is 5.75 Å². The van der Waals surface area contributed by atoms with E-state index in [0.29, 0.717) is 19.5 Å². The highest BCUT2D eigenvalue weighted by Crippen LogP contribution is 2.33. The molecule has 2 saturated heterocycles. The third kappa shape index (κ3) is 4.96. The Labute approximate surface area is 176 Å². The van der Waals surface area contributed by atoms with E-state index in [1.807, 2.05) is 23.1 Å². The van der Waals surface area contributed by atoms with Crippen molar-refractivity contribution in [3.05, 3.63) is 35.7 Å². The van der Waals surface area contributed by atoms with Gasteiger partial charge in [-0.15, -0.1) is 5.10 Å². The fraction of sp³-hybridized carbons (Fsp3) is 0.619. The predicted molar refractivity (Wildman–Crippen MR) is 110 cm³/mol. The molecule has 3 heterocycles. The molecule has 9 heteroatoms. The third-order valence-corrected chi connectivity index (χ3v) is 5.91. The number of benzene rings is 1. The molecule has 0 spiro atoms. The molecule has 0 radical (unpaired) electrons. The van der Waals surface area contributed by atoms with Crippen LogP contribution in [-0.4, -0.2) is 75.9 Å². The Morgan fingerprint density at radius 2 is 2.10 bits per heavy atom. The standard InChI is InChI=1S/C21H30N6O3/c1-29-18-6-4-5-17(15-18)19-7-2-3-9-26(19)21(28)8-10-27-20(22-23-24-27)16-25-11-13-30-14-12-25/h4-6,15,19H,2-3,7-14,16H2,1H3/t19-/m0/s1. The summed E-state index contributed by atoms with van der Waals surface area (Å²) in [6.45, 7) is 5.19. The predicted octanol–water partition coefficient (Wildman–Crippen LogP) is 1.66. The number of piperidine rings is 1. The molecule has 1 amide bonds. The van der Waals surface area contributed by atoms with Gasteiger partial charge in [0, 0.05) is 26.1 Å². The number of aromatic nitrogens is 4. The van der Waals surface area contributed by atoms with E-state index in [1.165, 1.54) is 0 Å². The summed E-state index contributed by atoms with van der Waals surface area (Å²) in [4.78, 5) is 17.4. The van der Waals surface area contributed by atoms with Gasteiger partial charge in [0.2, 0.25) is 5.91 Å². The van der Waals surface area contributed by atoms with Crippen LogP contribution in [0.3, 0.4) is 0 Å². The van der Waals surface area contributed by atoms with Gasteiger partial charge < -0.3 is 14.4 Å². The second kappa shape index (κ2) is 9.99. The molecular weight excluding hydrogens is 384 g/mol. The number of hydrogen-bond acceptors (Lipinski definition) is 7. The molecule has 162 valence electrons. The summed E-state index contributed by atoms with van der Waals surface area (Å²) in [6.07, 6.45) is 3.54. The van der Waals surface area contributed by atoms with E-state index in [-0.39, 0.29) is 11.9 Å². The zero-order chi connectivity index (χ0) is 20.8. The molecule has 1 atom stereocenters. The van der Waals surface area contributed by atoms with E-state index >= 15 is 0 Å². The number of morpholine rings is 1. The number of likely N-dealkylation sites (tertiary alicyclic amines) is 1. The molecule has 0 aliphatic carbocycles. The quantitative estimate of drug-likeness (QED) is 0.681. The lowest BCUT2D eigenvalue weighted by molar-refractivity contribution is -0.135. The smallest absolute Gasteiger partial charge is 0.224 e. The lowest BCUT2D eigenvalue weighted by Crippen LogP contribution is -2.39. The molecule has 0 unspecified atom stereocenters. The molecule has 30 heavy (non-hydrogen) atoms. The van der Waals surface area contributed by atoms with E-state index in [2.05, 4.69) is 26.5 Å². The van der Waals surface area contributed by atoms with Crippen molar-refractivity contribution in [1.29, 1.82) is 0 Å². The Balaban J connectivity index is 1.38. The number of rotatable bonds is 7. The average Bonchev–Trinajstić information content (AvgIpc) is 3.25. The van der Waals surface area contributed by atoms with Crippen molar-refractivity contribution in [1.82, 2.24) is 30.0 Å². The number of amides is 1. The summed E-state index contributed by atoms with van der Waals surface area (Å²) in [7, 11) is 1.67. The van der Waals surface area contributed by atoms with Crippen molar-refractivity contribution in [2.24, 2.45) is 0 Å². The molecule has 1 aromatic carbocycles. The van der Waals surface area contributed by atoms with Crippen molar-refractivity contribution in [2.45, 2.75) is 44.8 Å². The number of ether oxygens (including phenoxy) is 2. The summed E-state index contributed by atoms with van der Waals surface area (Å²) in [5.74, 6) is 1.77. The molecule has 2 aliphatic rings. The van der Waals surface area contributed by atoms with Crippen LogP contribution in [0.1, 0.15) is 43.1 Å². The van der Waals surface area contributed by atoms with Gasteiger partial charge >= 0.3 is 0 Å². The molecule has 2 aliphatic heterocycles. The molecule has 0 N–H and O–H groups in total. The van der Waals surface area contributed by atoms with E-state index in [1.54, 1.807) is 11.8 Å². The minimum atomic E-state index is 0.100. The normalized spacial score (nSPS) is 20.3. The molecule has 9 nitrogen and oxygen atoms in total. The highest BCUT2D eigenvalue weighted by Gasteiger charge is 2.28. The van der Waals surface area contributed by atoms with Crippen LogP contribution in [-0.2, 0) is 22.6 Å². The van der Waals surface area contributed by atoms with Gasteiger partial charge in [0.25, 0.3) is 0 Å². The SMILES string of the molecule is COc1cccc([C@@H]2CCCCN2C(=O)CCn2nnnc2CN2CCOCC2)c1. The fourth-order valence-electron chi connectivity index (χ4n) is 4.24. The van der Waals surface area contributed by atoms with E-state index < -0.39 is 0 Å². The summed E-state index contributed by atoms with van der Waals surface area (Å²) in [5.41, 5.74) is 1.14. The van der Waals surface area contributed by atoms with Crippen LogP contribution in [0.2, 0.25) is 0 Å². The van der Waals surface area contributed by atoms with Crippen LogP contribution in [0.15, 0.2) is 24.3 Å². The van der Waals surface area contributed by atoms with Gasteiger partial charge in [-0.2, -0.15) is 0 Å². The van der Waals surface area contributed by atoms with Gasteiger partial charge in [-0.1, -0.05) is 12.1 Å². The highest BCUT2D eigenvalue weighted by molar-refractivity contribution is 5.76. The first kappa shape index (κ1) is 20.7. The van der Waals surface area contributed by atoms with Gasteiger partial charge in [0.15, 0.2) is 5.82 Å². The number of carbonyl (C=O) groups excluding carboxylic acids is 1. The fourth-order valence-corrected chi connectivity index (χ4v) is 4.24. The van der Waals surface area contributed by atoms with Crippen LogP contribution in [0.5, 0.6) is 5.75 Å². The van der Waals surface area contributed by atoms with Crippen LogP contribution < -0.4 is 4.74 Å². The maximum atomic E-state index is 13.1. The Morgan fingerprint density at radius 1 is 1.23 bits per heavy atom. The summed E-state index contributed by atoms with van der Waals surface area (Å²) in [6, 6.07) is 8.15. The lowest BCUT2D eigenvalue weighted by atomic mass is 9.94. The molecule has 0 bridgehead atoms. The second-order valence-corrected chi connectivity index (χ2v) is 7.83. The van der Waals surface area contributed by atoms with Gasteiger partial charge in [-0.3, -0.25) is 9.69 Å². The zero-order valence-corrected chi connectivity index (χ0v) is 17.6. The molecular formula is C21H30N6O3. The number of hydrogen-bond donors (Lipinski definition) is 0. The molecule has 0 saturated carbocycles. The van der Waals surface area contributed by atoms with Crippen molar-refractivity contribution >= 4 is 5.91 Å². The molecule has 2 fully saturated rings. The van der Waals surface area contributed by atoms with Crippen LogP contribution >= 0.6 is 0 Å². The molecule has 4 rings (SSSR count). The van der Waals surface area contributed by atoms with Gasteiger partial charge in [0.1, 0.15) is 5.75 Å². The number of carbonyl (C=O) groups is 1. The van der Waals surface area contributed by atoms with E-state index in [0.717, 1.165) is 69.2 Å². The number of tetrazole rings is 1. The maximum Gasteiger partial charge on any atom is 0.224 e. The topological polar surface area (TPSA) is 85.6 Å². The monoisotopic (exact) mass is 414 g/mol. The first-order valence-corrected chi connectivity index (χ1v) is 10.7. The Hall–Kier alpha value is -2.52.